The second-order valence-corrected chi connectivity index (χ2v) is 8.66. The summed E-state index contributed by atoms with van der Waals surface area (Å²) in [4.78, 5) is 40.3. The summed E-state index contributed by atoms with van der Waals surface area (Å²) < 4.78 is 11.9. The zero-order valence-corrected chi connectivity index (χ0v) is 21.2. The van der Waals surface area contributed by atoms with E-state index in [0.29, 0.717) is 22.6 Å². The monoisotopic (exact) mass is 484 g/mol. The number of carbonyl (C=O) groups excluding carboxylic acids is 3. The van der Waals surface area contributed by atoms with Gasteiger partial charge in [0.1, 0.15) is 0 Å². The molecule has 0 saturated heterocycles. The molecule has 1 aliphatic rings. The number of rotatable bonds is 5. The molecule has 3 aromatic rings. The predicted molar refractivity (Wildman–Crippen MR) is 138 cm³/mol. The van der Waals surface area contributed by atoms with E-state index in [4.69, 9.17) is 9.47 Å². The van der Waals surface area contributed by atoms with E-state index in [1.807, 2.05) is 67.8 Å². The first-order valence-electron chi connectivity index (χ1n) is 11.5. The van der Waals surface area contributed by atoms with Crippen LogP contribution in [-0.2, 0) is 19.1 Å². The lowest BCUT2D eigenvalue weighted by Crippen LogP contribution is -2.24. The lowest BCUT2D eigenvalue weighted by atomic mass is 10.0. The molecule has 7 nitrogen and oxygen atoms in total. The van der Waals surface area contributed by atoms with Crippen molar-refractivity contribution in [1.82, 2.24) is 4.57 Å². The highest BCUT2D eigenvalue weighted by molar-refractivity contribution is 6.23. The molecule has 0 unspecified atom stereocenters. The SMILES string of the molecule is COC(=O)C1=C(C)N(c2ccc(C)cc2)C(=O)/C1=C\c1cc(C)n(-c2ccccc2C(=O)OC)c1C. The molecule has 0 saturated carbocycles. The van der Waals surface area contributed by atoms with E-state index in [1.54, 1.807) is 25.1 Å². The molecule has 4 rings (SSSR count). The van der Waals surface area contributed by atoms with Gasteiger partial charge < -0.3 is 14.0 Å². The average molecular weight is 485 g/mol. The number of anilines is 1. The molecule has 7 heteroatoms. The number of para-hydroxylation sites is 1. The summed E-state index contributed by atoms with van der Waals surface area (Å²) in [6.07, 6.45) is 1.71. The average Bonchev–Trinajstić information content (AvgIpc) is 3.29. The number of ether oxygens (including phenoxy) is 2. The van der Waals surface area contributed by atoms with E-state index >= 15 is 0 Å². The molecule has 0 spiro atoms. The topological polar surface area (TPSA) is 77.8 Å². The summed E-state index contributed by atoms with van der Waals surface area (Å²) >= 11 is 0. The highest BCUT2D eigenvalue weighted by atomic mass is 16.5. The number of allylic oxidation sites excluding steroid dienone is 1. The molecule has 1 aromatic heterocycles. The van der Waals surface area contributed by atoms with E-state index < -0.39 is 11.9 Å². The van der Waals surface area contributed by atoms with Gasteiger partial charge in [-0.05, 0) is 69.7 Å². The summed E-state index contributed by atoms with van der Waals surface area (Å²) in [6, 6.07) is 16.6. The van der Waals surface area contributed by atoms with Gasteiger partial charge in [0.25, 0.3) is 5.91 Å². The van der Waals surface area contributed by atoms with Gasteiger partial charge in [0.2, 0.25) is 0 Å². The molecular formula is C29H28N2O5. The highest BCUT2D eigenvalue weighted by Crippen LogP contribution is 2.36. The normalized spacial score (nSPS) is 14.6. The summed E-state index contributed by atoms with van der Waals surface area (Å²) in [7, 11) is 2.65. The van der Waals surface area contributed by atoms with E-state index in [0.717, 1.165) is 22.5 Å². The van der Waals surface area contributed by atoms with Crippen LogP contribution in [0.1, 0.15) is 39.8 Å². The van der Waals surface area contributed by atoms with E-state index in [1.165, 1.54) is 19.1 Å². The van der Waals surface area contributed by atoms with Crippen molar-refractivity contribution in [2.24, 2.45) is 0 Å². The Balaban J connectivity index is 1.86. The Morgan fingerprint density at radius 2 is 1.50 bits per heavy atom. The fourth-order valence-electron chi connectivity index (χ4n) is 4.60. The Hall–Kier alpha value is -4.39. The molecule has 0 radical (unpaired) electrons. The van der Waals surface area contributed by atoms with Crippen molar-refractivity contribution < 1.29 is 23.9 Å². The smallest absolute Gasteiger partial charge is 0.340 e. The van der Waals surface area contributed by atoms with Gasteiger partial charge in [-0.1, -0.05) is 29.8 Å². The first kappa shape index (κ1) is 24.7. The second kappa shape index (κ2) is 9.70. The van der Waals surface area contributed by atoms with Crippen LogP contribution in [0.3, 0.4) is 0 Å². The van der Waals surface area contributed by atoms with Crippen molar-refractivity contribution in [2.45, 2.75) is 27.7 Å². The van der Waals surface area contributed by atoms with Gasteiger partial charge in [-0.25, -0.2) is 9.59 Å². The molecule has 0 N–H and O–H groups in total. The lowest BCUT2D eigenvalue weighted by Gasteiger charge is -2.18. The number of aryl methyl sites for hydroxylation is 2. The van der Waals surface area contributed by atoms with Crippen molar-refractivity contribution in [1.29, 1.82) is 0 Å². The molecular weight excluding hydrogens is 456 g/mol. The third kappa shape index (κ3) is 4.13. The number of aromatic nitrogens is 1. The largest absolute Gasteiger partial charge is 0.465 e. The van der Waals surface area contributed by atoms with Crippen LogP contribution in [0, 0.1) is 20.8 Å². The fourth-order valence-corrected chi connectivity index (χ4v) is 4.60. The number of carbonyl (C=O) groups is 3. The zero-order valence-electron chi connectivity index (χ0n) is 21.2. The van der Waals surface area contributed by atoms with Crippen LogP contribution in [0.4, 0.5) is 5.69 Å². The molecule has 0 aliphatic carbocycles. The number of esters is 2. The van der Waals surface area contributed by atoms with Crippen molar-refractivity contribution in [3.05, 3.63) is 99.5 Å². The van der Waals surface area contributed by atoms with Crippen molar-refractivity contribution in [3.63, 3.8) is 0 Å². The van der Waals surface area contributed by atoms with Gasteiger partial charge in [-0.15, -0.1) is 0 Å². The van der Waals surface area contributed by atoms with Crippen LogP contribution in [0.15, 0.2) is 71.4 Å². The fraction of sp³-hybridized carbons (Fsp3) is 0.207. The number of benzene rings is 2. The summed E-state index contributed by atoms with van der Waals surface area (Å²) in [6.45, 7) is 7.53. The number of hydrogen-bond acceptors (Lipinski definition) is 5. The predicted octanol–water partition coefficient (Wildman–Crippen LogP) is 5.07. The number of nitrogens with zero attached hydrogens (tertiary/aromatic N) is 2. The summed E-state index contributed by atoms with van der Waals surface area (Å²) in [5.41, 5.74) is 6.22. The minimum absolute atomic E-state index is 0.225. The van der Waals surface area contributed by atoms with Gasteiger partial charge in [-0.3, -0.25) is 9.69 Å². The molecule has 36 heavy (non-hydrogen) atoms. The second-order valence-electron chi connectivity index (χ2n) is 8.66. The number of hydrogen-bond donors (Lipinski definition) is 0. The van der Waals surface area contributed by atoms with Gasteiger partial charge in [-0.2, -0.15) is 0 Å². The van der Waals surface area contributed by atoms with Crippen LogP contribution < -0.4 is 4.90 Å². The van der Waals surface area contributed by atoms with Gasteiger partial charge in [0.15, 0.2) is 0 Å². The highest BCUT2D eigenvalue weighted by Gasteiger charge is 2.38. The van der Waals surface area contributed by atoms with Crippen LogP contribution in [0.25, 0.3) is 11.8 Å². The maximum absolute atomic E-state index is 13.6. The molecule has 2 heterocycles. The Labute approximate surface area is 210 Å². The van der Waals surface area contributed by atoms with Gasteiger partial charge in [0, 0.05) is 22.8 Å². The van der Waals surface area contributed by atoms with E-state index in [2.05, 4.69) is 0 Å². The summed E-state index contributed by atoms with van der Waals surface area (Å²) in [5.74, 6) is -1.33. The Morgan fingerprint density at radius 1 is 0.861 bits per heavy atom. The maximum Gasteiger partial charge on any atom is 0.340 e. The van der Waals surface area contributed by atoms with Crippen molar-refractivity contribution in [2.75, 3.05) is 19.1 Å². The molecule has 0 bridgehead atoms. The van der Waals surface area contributed by atoms with E-state index in [9.17, 15) is 14.4 Å². The minimum atomic E-state index is -0.577. The Morgan fingerprint density at radius 3 is 2.14 bits per heavy atom. The first-order chi connectivity index (χ1) is 17.2. The Kier molecular flexibility index (Phi) is 6.66. The molecule has 0 fully saturated rings. The maximum atomic E-state index is 13.6. The Bertz CT molecular complexity index is 1440. The van der Waals surface area contributed by atoms with Crippen LogP contribution >= 0.6 is 0 Å². The molecule has 184 valence electrons. The molecule has 1 aliphatic heterocycles. The quantitative estimate of drug-likeness (QED) is 0.373. The lowest BCUT2D eigenvalue weighted by molar-refractivity contribution is -0.136. The standard InChI is InChI=1S/C29H28N2O5/c1-17-11-13-22(14-12-17)31-20(4)26(29(34)36-6)24(27(31)32)16-21-15-18(2)30(19(21)3)25-10-8-7-9-23(25)28(33)35-5/h7-16H,1-6H3/b24-16-. The number of amides is 1. The third-order valence-corrected chi connectivity index (χ3v) is 6.40. The first-order valence-corrected chi connectivity index (χ1v) is 11.5. The number of methoxy groups -OCH3 is 2. The van der Waals surface area contributed by atoms with Gasteiger partial charge >= 0.3 is 11.9 Å². The van der Waals surface area contributed by atoms with Crippen LogP contribution in [0.2, 0.25) is 0 Å². The molecule has 1 amide bonds. The minimum Gasteiger partial charge on any atom is -0.465 e. The zero-order chi connectivity index (χ0) is 26.1. The third-order valence-electron chi connectivity index (χ3n) is 6.40. The van der Waals surface area contributed by atoms with Gasteiger partial charge in [0.05, 0.1) is 36.6 Å². The van der Waals surface area contributed by atoms with Crippen LogP contribution in [-0.4, -0.2) is 36.6 Å². The molecule has 2 aromatic carbocycles. The van der Waals surface area contributed by atoms with Crippen molar-refractivity contribution >= 4 is 29.6 Å². The van der Waals surface area contributed by atoms with E-state index in [-0.39, 0.29) is 17.1 Å². The van der Waals surface area contributed by atoms with Crippen LogP contribution in [0.5, 0.6) is 0 Å². The molecule has 0 atom stereocenters. The summed E-state index contributed by atoms with van der Waals surface area (Å²) in [5, 5.41) is 0. The van der Waals surface area contributed by atoms with Crippen molar-refractivity contribution in [3.8, 4) is 5.69 Å².